The summed E-state index contributed by atoms with van der Waals surface area (Å²) in [5, 5.41) is 0.551. The molecule has 0 radical (unpaired) electrons. The Kier molecular flexibility index (Phi) is 5.37. The van der Waals surface area contributed by atoms with Gasteiger partial charge in [-0.15, -0.1) is 0 Å². The second-order valence-electron chi connectivity index (χ2n) is 7.67. The topological polar surface area (TPSA) is 56.8 Å². The Hall–Kier alpha value is -3.64. The van der Waals surface area contributed by atoms with Crippen LogP contribution in [0.4, 0.5) is 11.5 Å². The average Bonchev–Trinajstić information content (AvgIpc) is 3.11. The first-order valence-corrected chi connectivity index (χ1v) is 10.9. The van der Waals surface area contributed by atoms with E-state index >= 15 is 0 Å². The van der Waals surface area contributed by atoms with Crippen LogP contribution < -0.4 is 9.80 Å². The van der Waals surface area contributed by atoms with E-state index in [1.54, 1.807) is 30.5 Å². The number of hydrogen-bond acceptors (Lipinski definition) is 5. The van der Waals surface area contributed by atoms with Crippen molar-refractivity contribution in [2.75, 3.05) is 36.0 Å². The highest BCUT2D eigenvalue weighted by Crippen LogP contribution is 2.35. The van der Waals surface area contributed by atoms with Crippen LogP contribution in [0.2, 0.25) is 5.02 Å². The number of amides is 2. The van der Waals surface area contributed by atoms with E-state index in [2.05, 4.69) is 9.88 Å². The SMILES string of the molecule is O=C1C(c2ccccc2)=C(N2CCN(c3ccccn3)CC2)C(=O)N1c1ccc(Cl)cc1. The molecule has 7 heteroatoms. The van der Waals surface area contributed by atoms with Gasteiger partial charge < -0.3 is 9.80 Å². The van der Waals surface area contributed by atoms with Crippen LogP contribution in [0.1, 0.15) is 5.56 Å². The summed E-state index contributed by atoms with van der Waals surface area (Å²) in [6.07, 6.45) is 1.78. The first kappa shape index (κ1) is 20.3. The summed E-state index contributed by atoms with van der Waals surface area (Å²) in [4.78, 5) is 37.0. The molecule has 160 valence electrons. The standard InChI is InChI=1S/C25H21ClN4O2/c26-19-9-11-20(12-10-19)30-24(31)22(18-6-2-1-3-7-18)23(25(30)32)29-16-14-28(15-17-29)21-8-4-5-13-27-21/h1-13H,14-17H2. The van der Waals surface area contributed by atoms with Crippen LogP contribution in [0, 0.1) is 0 Å². The number of carbonyl (C=O) groups excluding carboxylic acids is 2. The lowest BCUT2D eigenvalue weighted by Gasteiger charge is -2.37. The van der Waals surface area contributed by atoms with Crippen molar-refractivity contribution in [3.8, 4) is 0 Å². The molecule has 1 saturated heterocycles. The molecule has 2 aliphatic rings. The molecule has 0 saturated carbocycles. The number of hydrogen-bond donors (Lipinski definition) is 0. The van der Waals surface area contributed by atoms with Gasteiger partial charge in [-0.3, -0.25) is 9.59 Å². The molecule has 5 rings (SSSR count). The maximum absolute atomic E-state index is 13.6. The van der Waals surface area contributed by atoms with Crippen LogP contribution in [-0.2, 0) is 9.59 Å². The fraction of sp³-hybridized carbons (Fsp3) is 0.160. The van der Waals surface area contributed by atoms with E-state index in [9.17, 15) is 9.59 Å². The molecule has 0 unspecified atom stereocenters. The van der Waals surface area contributed by atoms with Gasteiger partial charge in [-0.1, -0.05) is 48.0 Å². The first-order chi connectivity index (χ1) is 15.6. The fourth-order valence-electron chi connectivity index (χ4n) is 4.20. The lowest BCUT2D eigenvalue weighted by molar-refractivity contribution is -0.120. The molecule has 0 aliphatic carbocycles. The van der Waals surface area contributed by atoms with Crippen LogP contribution in [-0.4, -0.2) is 47.9 Å². The zero-order chi connectivity index (χ0) is 22.1. The van der Waals surface area contributed by atoms with Gasteiger partial charge >= 0.3 is 0 Å². The van der Waals surface area contributed by atoms with Crippen LogP contribution in [0.15, 0.2) is 84.7 Å². The second kappa shape index (κ2) is 8.48. The third kappa shape index (κ3) is 3.63. The molecule has 3 aromatic rings. The van der Waals surface area contributed by atoms with Gasteiger partial charge in [-0.05, 0) is 42.0 Å². The van der Waals surface area contributed by atoms with Gasteiger partial charge in [0.1, 0.15) is 11.5 Å². The van der Waals surface area contributed by atoms with Gasteiger partial charge in [-0.25, -0.2) is 9.88 Å². The van der Waals surface area contributed by atoms with Crippen molar-refractivity contribution in [2.45, 2.75) is 0 Å². The van der Waals surface area contributed by atoms with Crippen molar-refractivity contribution in [1.82, 2.24) is 9.88 Å². The Balaban J connectivity index is 1.49. The fourth-order valence-corrected chi connectivity index (χ4v) is 4.33. The van der Waals surface area contributed by atoms with E-state index < -0.39 is 0 Å². The number of anilines is 2. The highest BCUT2D eigenvalue weighted by atomic mass is 35.5. The Morgan fingerprint density at radius 2 is 1.38 bits per heavy atom. The number of piperazine rings is 1. The highest BCUT2D eigenvalue weighted by molar-refractivity contribution is 6.45. The van der Waals surface area contributed by atoms with Crippen molar-refractivity contribution < 1.29 is 9.59 Å². The Morgan fingerprint density at radius 1 is 0.719 bits per heavy atom. The maximum atomic E-state index is 13.6. The van der Waals surface area contributed by atoms with E-state index in [4.69, 9.17) is 11.6 Å². The number of halogens is 1. The third-order valence-electron chi connectivity index (χ3n) is 5.78. The molecule has 1 aromatic heterocycles. The summed E-state index contributed by atoms with van der Waals surface area (Å²) >= 11 is 6.01. The number of imide groups is 1. The van der Waals surface area contributed by atoms with Crippen molar-refractivity contribution >= 4 is 40.5 Å². The molecular formula is C25H21ClN4O2. The lowest BCUT2D eigenvalue weighted by Crippen LogP contribution is -2.48. The van der Waals surface area contributed by atoms with Crippen LogP contribution >= 0.6 is 11.6 Å². The van der Waals surface area contributed by atoms with E-state index in [1.807, 2.05) is 53.4 Å². The van der Waals surface area contributed by atoms with Crippen molar-refractivity contribution in [2.24, 2.45) is 0 Å². The number of pyridine rings is 1. The number of rotatable bonds is 4. The molecule has 0 spiro atoms. The number of aromatic nitrogens is 1. The van der Waals surface area contributed by atoms with Gasteiger partial charge in [-0.2, -0.15) is 0 Å². The smallest absolute Gasteiger partial charge is 0.282 e. The molecular weight excluding hydrogens is 424 g/mol. The van der Waals surface area contributed by atoms with Crippen molar-refractivity contribution in [3.05, 3.63) is 95.3 Å². The van der Waals surface area contributed by atoms with Crippen molar-refractivity contribution in [3.63, 3.8) is 0 Å². The summed E-state index contributed by atoms with van der Waals surface area (Å²) in [6, 6.07) is 22.0. The van der Waals surface area contributed by atoms with Gasteiger partial charge in [0.2, 0.25) is 0 Å². The van der Waals surface area contributed by atoms with E-state index in [0.29, 0.717) is 48.2 Å². The van der Waals surface area contributed by atoms with Gasteiger partial charge in [0.25, 0.3) is 11.8 Å². The van der Waals surface area contributed by atoms with Crippen molar-refractivity contribution in [1.29, 1.82) is 0 Å². The Morgan fingerprint density at radius 3 is 2.03 bits per heavy atom. The molecule has 32 heavy (non-hydrogen) atoms. The summed E-state index contributed by atoms with van der Waals surface area (Å²) in [5.74, 6) is 0.300. The second-order valence-corrected chi connectivity index (χ2v) is 8.11. The largest absolute Gasteiger partial charge is 0.363 e. The number of nitrogens with zero attached hydrogens (tertiary/aromatic N) is 4. The predicted octanol–water partition coefficient (Wildman–Crippen LogP) is 3.84. The normalized spacial score (nSPS) is 16.8. The molecule has 3 heterocycles. The molecule has 6 nitrogen and oxygen atoms in total. The molecule has 0 atom stereocenters. The minimum Gasteiger partial charge on any atom is -0.363 e. The maximum Gasteiger partial charge on any atom is 0.282 e. The van der Waals surface area contributed by atoms with E-state index in [-0.39, 0.29) is 11.8 Å². The average molecular weight is 445 g/mol. The number of benzene rings is 2. The van der Waals surface area contributed by atoms with Crippen LogP contribution in [0.25, 0.3) is 5.57 Å². The van der Waals surface area contributed by atoms with Gasteiger partial charge in [0.05, 0.1) is 11.3 Å². The summed E-state index contributed by atoms with van der Waals surface area (Å²) in [7, 11) is 0. The van der Waals surface area contributed by atoms with E-state index in [1.165, 1.54) is 4.90 Å². The predicted molar refractivity (Wildman–Crippen MR) is 125 cm³/mol. The van der Waals surface area contributed by atoms with E-state index in [0.717, 1.165) is 11.4 Å². The number of carbonyl (C=O) groups is 2. The monoisotopic (exact) mass is 444 g/mol. The molecule has 0 N–H and O–H groups in total. The summed E-state index contributed by atoms with van der Waals surface area (Å²) in [5.41, 5.74) is 2.15. The molecule has 2 aliphatic heterocycles. The summed E-state index contributed by atoms with van der Waals surface area (Å²) < 4.78 is 0. The molecule has 1 fully saturated rings. The first-order valence-electron chi connectivity index (χ1n) is 10.5. The van der Waals surface area contributed by atoms with Gasteiger partial charge in [0.15, 0.2) is 0 Å². The molecule has 0 bridgehead atoms. The van der Waals surface area contributed by atoms with Crippen LogP contribution in [0.3, 0.4) is 0 Å². The molecule has 2 aromatic carbocycles. The third-order valence-corrected chi connectivity index (χ3v) is 6.03. The zero-order valence-electron chi connectivity index (χ0n) is 17.3. The van der Waals surface area contributed by atoms with Crippen LogP contribution in [0.5, 0.6) is 0 Å². The quantitative estimate of drug-likeness (QED) is 0.572. The van der Waals surface area contributed by atoms with Gasteiger partial charge in [0, 0.05) is 37.4 Å². The lowest BCUT2D eigenvalue weighted by atomic mass is 10.0. The molecule has 2 amide bonds. The Bertz CT molecular complexity index is 1170. The minimum absolute atomic E-state index is 0.303. The minimum atomic E-state index is -0.314. The summed E-state index contributed by atoms with van der Waals surface area (Å²) in [6.45, 7) is 2.67. The Labute approximate surface area is 191 Å². The highest BCUT2D eigenvalue weighted by Gasteiger charge is 2.43. The zero-order valence-corrected chi connectivity index (χ0v) is 18.1.